The summed E-state index contributed by atoms with van der Waals surface area (Å²) in [5.41, 5.74) is 2.55. The van der Waals surface area contributed by atoms with Crippen molar-refractivity contribution in [1.82, 2.24) is 14.5 Å². The van der Waals surface area contributed by atoms with Gasteiger partial charge in [-0.3, -0.25) is 4.79 Å². The van der Waals surface area contributed by atoms with E-state index in [0.29, 0.717) is 13.0 Å². The summed E-state index contributed by atoms with van der Waals surface area (Å²) < 4.78 is 28.1. The average Bonchev–Trinajstić information content (AvgIpc) is 3.05. The third-order valence-electron chi connectivity index (χ3n) is 4.97. The van der Waals surface area contributed by atoms with E-state index < -0.39 is 9.84 Å². The lowest BCUT2D eigenvalue weighted by Crippen LogP contribution is -2.37. The van der Waals surface area contributed by atoms with Gasteiger partial charge in [0.05, 0.1) is 24.2 Å². The first-order valence-corrected chi connectivity index (χ1v) is 12.2. The van der Waals surface area contributed by atoms with Gasteiger partial charge in [0.1, 0.15) is 0 Å². The summed E-state index contributed by atoms with van der Waals surface area (Å²) >= 11 is 0. The minimum Gasteiger partial charge on any atom is -0.334 e. The van der Waals surface area contributed by atoms with Gasteiger partial charge in [-0.15, -0.1) is 0 Å². The highest BCUT2D eigenvalue weighted by Gasteiger charge is 2.27. The molecule has 166 valence electrons. The summed E-state index contributed by atoms with van der Waals surface area (Å²) in [7, 11) is -3.63. The molecule has 0 aliphatic carbocycles. The quantitative estimate of drug-likeness (QED) is 0.582. The van der Waals surface area contributed by atoms with Crippen LogP contribution in [-0.2, 0) is 26.9 Å². The predicted octanol–water partition coefficient (Wildman–Crippen LogP) is 4.53. The number of benzene rings is 1. The third-order valence-corrected chi connectivity index (χ3v) is 6.54. The highest BCUT2D eigenvalue weighted by molar-refractivity contribution is 7.90. The van der Waals surface area contributed by atoms with Crippen LogP contribution in [0.1, 0.15) is 70.8 Å². The van der Waals surface area contributed by atoms with Crippen LogP contribution < -0.4 is 0 Å². The summed E-state index contributed by atoms with van der Waals surface area (Å²) in [6.45, 7) is 14.2. The van der Waals surface area contributed by atoms with Gasteiger partial charge in [-0.2, -0.15) is 0 Å². The van der Waals surface area contributed by atoms with Crippen LogP contribution in [0.3, 0.4) is 0 Å². The van der Waals surface area contributed by atoms with Crippen LogP contribution >= 0.6 is 0 Å². The minimum absolute atomic E-state index is 0.0133. The number of aryl methyl sites for hydroxylation is 1. The maximum absolute atomic E-state index is 13.2. The highest BCUT2D eigenvalue weighted by Crippen LogP contribution is 2.24. The van der Waals surface area contributed by atoms with Gasteiger partial charge in [0, 0.05) is 18.5 Å². The molecule has 0 spiro atoms. The fraction of sp³-hybridized carbons (Fsp3) is 0.565. The van der Waals surface area contributed by atoms with E-state index in [9.17, 15) is 13.2 Å². The third kappa shape index (κ3) is 5.94. The van der Waals surface area contributed by atoms with E-state index in [1.165, 1.54) is 0 Å². The first-order valence-electron chi connectivity index (χ1n) is 10.6. The number of sulfone groups is 1. The molecule has 0 radical (unpaired) electrons. The number of hydrogen-bond donors (Lipinski definition) is 0. The normalized spacial score (nSPS) is 12.2. The Morgan fingerprint density at radius 1 is 1.07 bits per heavy atom. The lowest BCUT2D eigenvalue weighted by molar-refractivity contribution is -0.134. The van der Waals surface area contributed by atoms with Crippen molar-refractivity contribution in [3.63, 3.8) is 0 Å². The molecule has 0 aliphatic heterocycles. The predicted molar refractivity (Wildman–Crippen MR) is 120 cm³/mol. The molecular weight excluding hydrogens is 398 g/mol. The van der Waals surface area contributed by atoms with Crippen molar-refractivity contribution in [3.05, 3.63) is 47.3 Å². The number of carbonyl (C=O) groups excluding carboxylic acids is 1. The molecule has 6 nitrogen and oxygen atoms in total. The Bertz CT molecular complexity index is 958. The van der Waals surface area contributed by atoms with Crippen molar-refractivity contribution >= 4 is 15.7 Å². The Morgan fingerprint density at radius 3 is 2.17 bits per heavy atom. The summed E-state index contributed by atoms with van der Waals surface area (Å²) in [5.74, 6) is 0.233. The largest absolute Gasteiger partial charge is 0.334 e. The van der Waals surface area contributed by atoms with Gasteiger partial charge in [-0.25, -0.2) is 13.4 Å². The molecule has 0 N–H and O–H groups in total. The molecule has 7 heteroatoms. The molecule has 0 fully saturated rings. The molecule has 2 rings (SSSR count). The molecule has 0 unspecified atom stereocenters. The lowest BCUT2D eigenvalue weighted by Gasteiger charge is -2.28. The van der Waals surface area contributed by atoms with Gasteiger partial charge in [-0.05, 0) is 46.1 Å². The van der Waals surface area contributed by atoms with Crippen LogP contribution in [0.2, 0.25) is 0 Å². The van der Waals surface area contributed by atoms with Gasteiger partial charge in [0.15, 0.2) is 0 Å². The zero-order valence-electron chi connectivity index (χ0n) is 19.2. The summed E-state index contributed by atoms with van der Waals surface area (Å²) in [5, 5.41) is 0.0630. The van der Waals surface area contributed by atoms with E-state index in [4.69, 9.17) is 0 Å². The zero-order valence-corrected chi connectivity index (χ0v) is 20.0. The Balaban J connectivity index is 2.38. The molecule has 0 bridgehead atoms. The average molecular weight is 434 g/mol. The van der Waals surface area contributed by atoms with Gasteiger partial charge in [0.25, 0.3) is 0 Å². The number of imidazole rings is 1. The van der Waals surface area contributed by atoms with Crippen LogP contribution in [0.4, 0.5) is 0 Å². The number of nitrogens with zero attached hydrogens (tertiary/aromatic N) is 3. The molecule has 1 aromatic carbocycles. The van der Waals surface area contributed by atoms with Gasteiger partial charge >= 0.3 is 0 Å². The van der Waals surface area contributed by atoms with Crippen LogP contribution in [0.15, 0.2) is 35.6 Å². The van der Waals surface area contributed by atoms with Crippen molar-refractivity contribution in [1.29, 1.82) is 0 Å². The number of carbonyl (C=O) groups is 1. The van der Waals surface area contributed by atoms with E-state index in [-0.39, 0.29) is 34.8 Å². The number of hydrogen-bond acceptors (Lipinski definition) is 4. The summed E-state index contributed by atoms with van der Waals surface area (Å²) in [6.07, 6.45) is 2.06. The molecule has 1 heterocycles. The maximum Gasteiger partial charge on any atom is 0.228 e. The van der Waals surface area contributed by atoms with Crippen molar-refractivity contribution in [2.24, 2.45) is 5.92 Å². The number of rotatable bonds is 9. The molecule has 1 amide bonds. The van der Waals surface area contributed by atoms with Gasteiger partial charge in [-0.1, -0.05) is 43.7 Å². The number of amides is 1. The van der Waals surface area contributed by atoms with Crippen LogP contribution in [0.5, 0.6) is 0 Å². The zero-order chi connectivity index (χ0) is 22.6. The fourth-order valence-electron chi connectivity index (χ4n) is 3.44. The van der Waals surface area contributed by atoms with Gasteiger partial charge < -0.3 is 9.47 Å². The second kappa shape index (κ2) is 9.77. The molecule has 2 aromatic rings. The van der Waals surface area contributed by atoms with E-state index >= 15 is 0 Å². The van der Waals surface area contributed by atoms with Gasteiger partial charge in [0.2, 0.25) is 20.9 Å². The Morgan fingerprint density at radius 2 is 1.67 bits per heavy atom. The van der Waals surface area contributed by atoms with Crippen molar-refractivity contribution in [3.8, 4) is 0 Å². The highest BCUT2D eigenvalue weighted by atomic mass is 32.2. The molecule has 0 atom stereocenters. The number of aromatic nitrogens is 2. The molecule has 0 saturated carbocycles. The van der Waals surface area contributed by atoms with E-state index in [1.54, 1.807) is 15.7 Å². The Hall–Kier alpha value is -2.15. The van der Waals surface area contributed by atoms with Crippen molar-refractivity contribution in [2.75, 3.05) is 0 Å². The standard InChI is InChI=1S/C23H35N3O3S/c1-16(2)12-22(27)25(17(3)4)14-21-13-24-23(26(21)18(5)6)30(28,29)15-20-10-8-19(7)9-11-20/h8-11,13,16-18H,12,14-15H2,1-7H3. The summed E-state index contributed by atoms with van der Waals surface area (Å²) in [4.78, 5) is 18.8. The lowest BCUT2D eigenvalue weighted by atomic mass is 10.1. The van der Waals surface area contributed by atoms with Crippen molar-refractivity contribution < 1.29 is 13.2 Å². The maximum atomic E-state index is 13.2. The van der Waals surface area contributed by atoms with E-state index in [2.05, 4.69) is 4.98 Å². The molecule has 0 aliphatic rings. The smallest absolute Gasteiger partial charge is 0.228 e. The van der Waals surface area contributed by atoms with E-state index in [0.717, 1.165) is 16.8 Å². The monoisotopic (exact) mass is 433 g/mol. The van der Waals surface area contributed by atoms with Crippen molar-refractivity contribution in [2.45, 2.75) is 84.4 Å². The van der Waals surface area contributed by atoms with Crippen LogP contribution in [-0.4, -0.2) is 34.8 Å². The van der Waals surface area contributed by atoms with E-state index in [1.807, 2.05) is 72.7 Å². The Labute approximate surface area is 181 Å². The Kier molecular flexibility index (Phi) is 7.86. The second-order valence-electron chi connectivity index (χ2n) is 8.95. The first-order chi connectivity index (χ1) is 13.9. The minimum atomic E-state index is -3.63. The molecular formula is C23H35N3O3S. The molecule has 1 aromatic heterocycles. The molecule has 30 heavy (non-hydrogen) atoms. The fourth-order valence-corrected chi connectivity index (χ4v) is 5.05. The van der Waals surface area contributed by atoms with Crippen LogP contribution in [0, 0.1) is 12.8 Å². The molecule has 0 saturated heterocycles. The van der Waals surface area contributed by atoms with Crippen LogP contribution in [0.25, 0.3) is 0 Å². The topological polar surface area (TPSA) is 72.3 Å². The summed E-state index contributed by atoms with van der Waals surface area (Å²) in [6, 6.07) is 7.40. The first kappa shape index (κ1) is 24.1. The SMILES string of the molecule is Cc1ccc(CS(=O)(=O)c2ncc(CN(C(=O)CC(C)C)C(C)C)n2C(C)C)cc1. The second-order valence-corrected chi connectivity index (χ2v) is 10.8.